The maximum absolute atomic E-state index is 12.0. The van der Waals surface area contributed by atoms with Gasteiger partial charge in [-0.05, 0) is 33.1 Å². The molecule has 1 atom stereocenters. The lowest BCUT2D eigenvalue weighted by molar-refractivity contribution is 0.0946. The number of amides is 1. The molecule has 0 saturated heterocycles. The van der Waals surface area contributed by atoms with Crippen molar-refractivity contribution in [2.24, 2.45) is 5.92 Å². The summed E-state index contributed by atoms with van der Waals surface area (Å²) in [5.74, 6) is 1.97. The van der Waals surface area contributed by atoms with Gasteiger partial charge in [-0.1, -0.05) is 22.9 Å². The van der Waals surface area contributed by atoms with Crippen molar-refractivity contribution in [1.82, 2.24) is 5.32 Å². The molecule has 0 aromatic carbocycles. The molecule has 0 bridgehead atoms. The summed E-state index contributed by atoms with van der Waals surface area (Å²) in [4.78, 5) is 12.0. The number of hydrogen-bond donors (Lipinski definition) is 1. The van der Waals surface area contributed by atoms with Gasteiger partial charge >= 0.3 is 0 Å². The van der Waals surface area contributed by atoms with Crippen molar-refractivity contribution in [2.75, 3.05) is 11.9 Å². The summed E-state index contributed by atoms with van der Waals surface area (Å²) in [6.07, 6.45) is 1.06. The first-order chi connectivity index (χ1) is 7.97. The van der Waals surface area contributed by atoms with Crippen molar-refractivity contribution in [3.8, 4) is 0 Å². The number of halogens is 1. The summed E-state index contributed by atoms with van der Waals surface area (Å²) in [5, 5.41) is 3.92. The number of aryl methyl sites for hydroxylation is 2. The number of carbonyl (C=O) groups excluding carboxylic acids is 1. The Morgan fingerprint density at radius 3 is 2.47 bits per heavy atom. The molecule has 96 valence electrons. The van der Waals surface area contributed by atoms with Crippen LogP contribution in [0.5, 0.6) is 0 Å². The molecule has 0 saturated carbocycles. The first kappa shape index (κ1) is 14.3. The molecule has 0 aliphatic carbocycles. The van der Waals surface area contributed by atoms with Gasteiger partial charge in [0.2, 0.25) is 0 Å². The molecular weight excluding hydrogens is 282 g/mol. The van der Waals surface area contributed by atoms with E-state index in [-0.39, 0.29) is 5.91 Å². The molecule has 1 N–H and O–H groups in total. The predicted octanol–water partition coefficient (Wildman–Crippen LogP) is 3.36. The Balaban J connectivity index is 2.64. The Morgan fingerprint density at radius 2 is 2.00 bits per heavy atom. The molecule has 17 heavy (non-hydrogen) atoms. The Morgan fingerprint density at radius 1 is 1.35 bits per heavy atom. The molecule has 0 fully saturated rings. The van der Waals surface area contributed by atoms with E-state index in [1.807, 2.05) is 20.8 Å². The maximum Gasteiger partial charge on any atom is 0.255 e. The number of rotatable bonds is 5. The van der Waals surface area contributed by atoms with E-state index in [2.05, 4.69) is 28.2 Å². The van der Waals surface area contributed by atoms with Crippen LogP contribution in [-0.2, 0) is 0 Å². The fourth-order valence-electron chi connectivity index (χ4n) is 1.77. The van der Waals surface area contributed by atoms with Crippen molar-refractivity contribution < 1.29 is 9.21 Å². The molecule has 1 aromatic rings. The van der Waals surface area contributed by atoms with E-state index in [0.29, 0.717) is 23.8 Å². The van der Waals surface area contributed by atoms with Crippen LogP contribution in [-0.4, -0.2) is 17.8 Å². The molecule has 1 heterocycles. The summed E-state index contributed by atoms with van der Waals surface area (Å²) < 4.78 is 5.45. The molecule has 4 heteroatoms. The van der Waals surface area contributed by atoms with Crippen LogP contribution < -0.4 is 5.32 Å². The summed E-state index contributed by atoms with van der Waals surface area (Å²) in [6, 6.07) is 0. The molecular formula is C13H20BrNO2. The quantitative estimate of drug-likeness (QED) is 0.848. The monoisotopic (exact) mass is 301 g/mol. The van der Waals surface area contributed by atoms with E-state index < -0.39 is 0 Å². The second-order valence-corrected chi connectivity index (χ2v) is 5.30. The lowest BCUT2D eigenvalue weighted by atomic mass is 10.1. The molecule has 0 aliphatic rings. The Kier molecular flexibility index (Phi) is 5.25. The van der Waals surface area contributed by atoms with Crippen LogP contribution in [0.1, 0.15) is 40.8 Å². The van der Waals surface area contributed by atoms with Crippen molar-refractivity contribution in [2.45, 2.75) is 34.1 Å². The standard InChI is InChI=1S/C13H20BrNO2/c1-8(5-6-14)7-15-13(16)12-9(2)10(3)17-11(12)4/h8H,5-7H2,1-4H3,(H,15,16). The fourth-order valence-corrected chi connectivity index (χ4v) is 2.55. The molecule has 0 spiro atoms. The van der Waals surface area contributed by atoms with E-state index >= 15 is 0 Å². The highest BCUT2D eigenvalue weighted by molar-refractivity contribution is 9.09. The lowest BCUT2D eigenvalue weighted by Gasteiger charge is -2.11. The van der Waals surface area contributed by atoms with E-state index in [4.69, 9.17) is 4.42 Å². The van der Waals surface area contributed by atoms with Crippen molar-refractivity contribution in [1.29, 1.82) is 0 Å². The van der Waals surface area contributed by atoms with Crippen molar-refractivity contribution in [3.05, 3.63) is 22.6 Å². The number of nitrogens with one attached hydrogen (secondary N) is 1. The topological polar surface area (TPSA) is 42.2 Å². The SMILES string of the molecule is Cc1oc(C)c(C(=O)NCC(C)CCBr)c1C. The molecule has 1 amide bonds. The van der Waals surface area contributed by atoms with Crippen LogP contribution in [0.4, 0.5) is 0 Å². The molecule has 0 radical (unpaired) electrons. The number of hydrogen-bond acceptors (Lipinski definition) is 2. The largest absolute Gasteiger partial charge is 0.466 e. The zero-order valence-electron chi connectivity index (χ0n) is 10.9. The van der Waals surface area contributed by atoms with Gasteiger partial charge in [0.25, 0.3) is 5.91 Å². The average Bonchev–Trinajstić information content (AvgIpc) is 2.50. The van der Waals surface area contributed by atoms with E-state index in [1.165, 1.54) is 0 Å². The number of alkyl halides is 1. The fraction of sp³-hybridized carbons (Fsp3) is 0.615. The van der Waals surface area contributed by atoms with E-state index in [9.17, 15) is 4.79 Å². The third-order valence-corrected chi connectivity index (χ3v) is 3.46. The van der Waals surface area contributed by atoms with Crippen LogP contribution >= 0.6 is 15.9 Å². The van der Waals surface area contributed by atoms with Gasteiger partial charge in [0.1, 0.15) is 11.5 Å². The minimum absolute atomic E-state index is 0.0294. The summed E-state index contributed by atoms with van der Waals surface area (Å²) >= 11 is 3.40. The molecule has 1 unspecified atom stereocenters. The highest BCUT2D eigenvalue weighted by Crippen LogP contribution is 2.20. The smallest absolute Gasteiger partial charge is 0.255 e. The molecule has 1 rings (SSSR count). The summed E-state index contributed by atoms with van der Waals surface area (Å²) in [6.45, 7) is 8.46. The van der Waals surface area contributed by atoms with Crippen LogP contribution in [0.15, 0.2) is 4.42 Å². The Bertz CT molecular complexity index is 398. The van der Waals surface area contributed by atoms with Gasteiger partial charge in [-0.3, -0.25) is 4.79 Å². The minimum atomic E-state index is -0.0294. The van der Waals surface area contributed by atoms with Crippen LogP contribution in [0.2, 0.25) is 0 Å². The first-order valence-corrected chi connectivity index (χ1v) is 7.00. The summed E-state index contributed by atoms with van der Waals surface area (Å²) in [5.41, 5.74) is 1.63. The Labute approximate surface area is 111 Å². The normalized spacial score (nSPS) is 12.5. The van der Waals surface area contributed by atoms with Crippen molar-refractivity contribution >= 4 is 21.8 Å². The van der Waals surface area contributed by atoms with E-state index in [1.54, 1.807) is 0 Å². The highest BCUT2D eigenvalue weighted by Gasteiger charge is 2.18. The molecule has 0 aliphatic heterocycles. The molecule has 1 aromatic heterocycles. The first-order valence-electron chi connectivity index (χ1n) is 5.88. The third kappa shape index (κ3) is 3.60. The maximum atomic E-state index is 12.0. The lowest BCUT2D eigenvalue weighted by Crippen LogP contribution is -2.29. The zero-order chi connectivity index (χ0) is 13.0. The van der Waals surface area contributed by atoms with Crippen molar-refractivity contribution in [3.63, 3.8) is 0 Å². The van der Waals surface area contributed by atoms with Gasteiger partial charge in [0, 0.05) is 17.4 Å². The molecule has 3 nitrogen and oxygen atoms in total. The third-order valence-electron chi connectivity index (χ3n) is 3.00. The van der Waals surface area contributed by atoms with Gasteiger partial charge in [-0.2, -0.15) is 0 Å². The highest BCUT2D eigenvalue weighted by atomic mass is 79.9. The van der Waals surface area contributed by atoms with Gasteiger partial charge in [-0.25, -0.2) is 0 Å². The average molecular weight is 302 g/mol. The van der Waals surface area contributed by atoms with Crippen LogP contribution in [0.25, 0.3) is 0 Å². The second-order valence-electron chi connectivity index (χ2n) is 4.51. The Hall–Kier alpha value is -0.770. The summed E-state index contributed by atoms with van der Waals surface area (Å²) in [7, 11) is 0. The predicted molar refractivity (Wildman–Crippen MR) is 72.8 cm³/mol. The number of carbonyl (C=O) groups is 1. The van der Waals surface area contributed by atoms with E-state index in [0.717, 1.165) is 23.1 Å². The van der Waals surface area contributed by atoms with Crippen LogP contribution in [0, 0.1) is 26.7 Å². The number of furan rings is 1. The second kappa shape index (κ2) is 6.24. The minimum Gasteiger partial charge on any atom is -0.466 e. The van der Waals surface area contributed by atoms with Gasteiger partial charge in [0.15, 0.2) is 0 Å². The van der Waals surface area contributed by atoms with Gasteiger partial charge in [-0.15, -0.1) is 0 Å². The van der Waals surface area contributed by atoms with Crippen LogP contribution in [0.3, 0.4) is 0 Å². The van der Waals surface area contributed by atoms with Gasteiger partial charge in [0.05, 0.1) is 5.56 Å². The van der Waals surface area contributed by atoms with Gasteiger partial charge < -0.3 is 9.73 Å². The zero-order valence-corrected chi connectivity index (χ0v) is 12.5.